The number of hydrogen-bond donors (Lipinski definition) is 1. The molecule has 0 aromatic carbocycles. The standard InChI is InChI=1S/C19H17N3O6S.Na/c23-16(21-10-4-5-10)11-7-9-8-29(27,28)18-14(13(11)12-3-1-2-6-20-12)17(24)22(18)15(9)19(25)26;/h1-3,6-7,10,13-14,18H,4-5,8H2,(H,21,23)(H,25,26);/q;+1/p-1/b11-7+;/t13?,14?,18-;/m0./s1. The number of amides is 2. The van der Waals surface area contributed by atoms with E-state index in [0.717, 1.165) is 17.7 Å². The number of carboxylic acid groups (broad SMARTS) is 1. The molecule has 1 aliphatic carbocycles. The Balaban J connectivity index is 0.00000218. The zero-order valence-corrected chi connectivity index (χ0v) is 18.9. The first kappa shape index (κ1) is 21.2. The molecule has 1 aromatic rings. The second kappa shape index (κ2) is 7.30. The molecule has 0 spiro atoms. The average molecular weight is 437 g/mol. The van der Waals surface area contributed by atoms with Crippen molar-refractivity contribution in [2.45, 2.75) is 30.2 Å². The minimum atomic E-state index is -3.83. The van der Waals surface area contributed by atoms with Gasteiger partial charge in [-0.15, -0.1) is 0 Å². The minimum absolute atomic E-state index is 0. The third kappa shape index (κ3) is 3.13. The topological polar surface area (TPSA) is 137 Å². The van der Waals surface area contributed by atoms with Gasteiger partial charge in [0.15, 0.2) is 15.2 Å². The number of carboxylic acids is 1. The molecule has 5 aliphatic heterocycles. The molecule has 1 saturated carbocycles. The number of allylic oxidation sites excluding steroid dienone is 1. The molecular formula is C19H16N3NaO6S. The van der Waals surface area contributed by atoms with Gasteiger partial charge in [-0.1, -0.05) is 6.07 Å². The SMILES string of the molecule is O=C([O-])C1=C2/C=C(/C(=O)NC3CC3)C(c3ccccn3)C3C(=O)N1[C@H]3S(=O)(=O)C2.[Na+]. The van der Waals surface area contributed by atoms with Crippen molar-refractivity contribution in [1.82, 2.24) is 15.2 Å². The van der Waals surface area contributed by atoms with Gasteiger partial charge in [-0.25, -0.2) is 8.42 Å². The Bertz CT molecular complexity index is 1130. The first-order valence-corrected chi connectivity index (χ1v) is 10.9. The van der Waals surface area contributed by atoms with Crippen LogP contribution in [0.15, 0.2) is 47.3 Å². The predicted octanol–water partition coefficient (Wildman–Crippen LogP) is -4.40. The molecule has 11 heteroatoms. The molecule has 1 N–H and O–H groups in total. The number of sulfone groups is 1. The Morgan fingerprint density at radius 3 is 2.57 bits per heavy atom. The molecule has 3 atom stereocenters. The van der Waals surface area contributed by atoms with Crippen LogP contribution in [0.4, 0.5) is 0 Å². The van der Waals surface area contributed by atoms with Crippen molar-refractivity contribution < 1.29 is 57.5 Å². The summed E-state index contributed by atoms with van der Waals surface area (Å²) in [5.74, 6) is -5.31. The quantitative estimate of drug-likeness (QED) is 0.371. The second-order valence-corrected chi connectivity index (χ2v) is 9.77. The van der Waals surface area contributed by atoms with Gasteiger partial charge in [0, 0.05) is 29.4 Å². The Morgan fingerprint density at radius 1 is 1.23 bits per heavy atom. The van der Waals surface area contributed by atoms with Crippen molar-refractivity contribution in [2.75, 3.05) is 5.75 Å². The van der Waals surface area contributed by atoms with Crippen molar-refractivity contribution >= 4 is 27.6 Å². The fraction of sp³-hybridized carbons (Fsp3) is 0.368. The van der Waals surface area contributed by atoms with Crippen LogP contribution in [0, 0.1) is 5.92 Å². The largest absolute Gasteiger partial charge is 1.00 e. The third-order valence-corrected chi connectivity index (χ3v) is 7.71. The molecule has 4 bridgehead atoms. The molecule has 2 amide bonds. The van der Waals surface area contributed by atoms with Crippen LogP contribution in [0.25, 0.3) is 0 Å². The van der Waals surface area contributed by atoms with Crippen LogP contribution < -0.4 is 40.0 Å². The fourth-order valence-electron chi connectivity index (χ4n) is 4.36. The van der Waals surface area contributed by atoms with Crippen molar-refractivity contribution in [3.05, 3.63) is 53.0 Å². The van der Waals surface area contributed by atoms with Crippen LogP contribution >= 0.6 is 0 Å². The summed E-state index contributed by atoms with van der Waals surface area (Å²) in [6.07, 6.45) is 4.48. The number of hydrogen-bond acceptors (Lipinski definition) is 7. The number of carbonyl (C=O) groups excluding carboxylic acids is 3. The normalized spacial score (nSPS) is 30.3. The van der Waals surface area contributed by atoms with E-state index >= 15 is 0 Å². The van der Waals surface area contributed by atoms with Crippen LogP contribution in [0.5, 0.6) is 0 Å². The van der Waals surface area contributed by atoms with Gasteiger partial charge in [0.25, 0.3) is 0 Å². The van der Waals surface area contributed by atoms with Crippen LogP contribution in [0.3, 0.4) is 0 Å². The minimum Gasteiger partial charge on any atom is -0.543 e. The maximum absolute atomic E-state index is 13.0. The van der Waals surface area contributed by atoms with Gasteiger partial charge in [-0.3, -0.25) is 19.5 Å². The number of fused-ring (bicyclic) bond motifs is 1. The zero-order chi connectivity index (χ0) is 20.5. The fourth-order valence-corrected chi connectivity index (χ4v) is 6.43. The van der Waals surface area contributed by atoms with Crippen molar-refractivity contribution in [3.63, 3.8) is 0 Å². The van der Waals surface area contributed by atoms with Gasteiger partial charge in [0.1, 0.15) is 0 Å². The van der Waals surface area contributed by atoms with Gasteiger partial charge < -0.3 is 15.2 Å². The molecule has 1 aromatic heterocycles. The molecule has 1 saturated heterocycles. The summed E-state index contributed by atoms with van der Waals surface area (Å²) >= 11 is 0. The van der Waals surface area contributed by atoms with Crippen molar-refractivity contribution in [1.29, 1.82) is 0 Å². The van der Waals surface area contributed by atoms with E-state index in [1.165, 1.54) is 12.3 Å². The molecule has 9 nitrogen and oxygen atoms in total. The van der Waals surface area contributed by atoms with Gasteiger partial charge in [0.05, 0.1) is 23.3 Å². The summed E-state index contributed by atoms with van der Waals surface area (Å²) in [6, 6.07) is 5.03. The molecule has 2 unspecified atom stereocenters. The van der Waals surface area contributed by atoms with E-state index in [0.29, 0.717) is 5.69 Å². The predicted molar refractivity (Wildman–Crippen MR) is 96.2 cm³/mol. The summed E-state index contributed by atoms with van der Waals surface area (Å²) in [5, 5.41) is 13.2. The summed E-state index contributed by atoms with van der Waals surface area (Å²) in [6.45, 7) is 0. The van der Waals surface area contributed by atoms with Gasteiger partial charge in [-0.2, -0.15) is 0 Å². The number of aromatic nitrogens is 1. The van der Waals surface area contributed by atoms with E-state index in [2.05, 4.69) is 10.3 Å². The zero-order valence-electron chi connectivity index (χ0n) is 16.1. The number of carbonyl (C=O) groups is 3. The number of rotatable bonds is 4. The third-order valence-electron chi connectivity index (χ3n) is 5.75. The number of aliphatic carboxylic acids is 1. The number of nitrogens with one attached hydrogen (secondary N) is 1. The van der Waals surface area contributed by atoms with Gasteiger partial charge >= 0.3 is 29.6 Å². The molecule has 0 radical (unpaired) electrons. The van der Waals surface area contributed by atoms with Gasteiger partial charge in [-0.05, 0) is 36.6 Å². The average Bonchev–Trinajstić information content (AvgIpc) is 3.46. The molecule has 30 heavy (non-hydrogen) atoms. The molecule has 150 valence electrons. The molecular weight excluding hydrogens is 421 g/mol. The Labute approximate surface area is 194 Å². The molecule has 6 aliphatic rings. The van der Waals surface area contributed by atoms with E-state index < -0.39 is 56.3 Å². The van der Waals surface area contributed by atoms with E-state index in [4.69, 9.17) is 0 Å². The first-order chi connectivity index (χ1) is 13.8. The Hall–Kier alpha value is -2.01. The number of nitrogens with zero attached hydrogens (tertiary/aromatic N) is 2. The van der Waals surface area contributed by atoms with E-state index in [1.807, 2.05) is 0 Å². The van der Waals surface area contributed by atoms with Crippen LogP contribution in [0.2, 0.25) is 0 Å². The molecule has 6 heterocycles. The van der Waals surface area contributed by atoms with Gasteiger partial charge in [0.2, 0.25) is 11.8 Å². The van der Waals surface area contributed by atoms with Crippen LogP contribution in [-0.4, -0.2) is 53.3 Å². The first-order valence-electron chi connectivity index (χ1n) is 9.22. The molecule has 2 fully saturated rings. The second-order valence-electron chi connectivity index (χ2n) is 7.67. The summed E-state index contributed by atoms with van der Waals surface area (Å²) in [4.78, 5) is 42.7. The summed E-state index contributed by atoms with van der Waals surface area (Å²) < 4.78 is 25.6. The van der Waals surface area contributed by atoms with Crippen LogP contribution in [-0.2, 0) is 24.2 Å². The smallest absolute Gasteiger partial charge is 0.543 e. The van der Waals surface area contributed by atoms with E-state index in [1.54, 1.807) is 18.2 Å². The Kier molecular flexibility index (Phi) is 5.16. The number of β-lactam (4-membered cyclic amide) rings is 1. The summed E-state index contributed by atoms with van der Waals surface area (Å²) in [5.41, 5.74) is -0.0418. The summed E-state index contributed by atoms with van der Waals surface area (Å²) in [7, 11) is -3.83. The molecule has 7 rings (SSSR count). The van der Waals surface area contributed by atoms with Crippen molar-refractivity contribution in [3.8, 4) is 0 Å². The monoisotopic (exact) mass is 437 g/mol. The Morgan fingerprint density at radius 2 is 1.97 bits per heavy atom. The van der Waals surface area contributed by atoms with E-state index in [-0.39, 0.29) is 46.7 Å². The maximum Gasteiger partial charge on any atom is 1.00 e. The number of pyridine rings is 1. The maximum atomic E-state index is 13.0. The van der Waals surface area contributed by atoms with E-state index in [9.17, 15) is 27.9 Å². The van der Waals surface area contributed by atoms with Crippen LogP contribution in [0.1, 0.15) is 24.5 Å². The van der Waals surface area contributed by atoms with Crippen molar-refractivity contribution in [2.24, 2.45) is 5.92 Å².